The summed E-state index contributed by atoms with van der Waals surface area (Å²) in [6.07, 6.45) is 6.38. The van der Waals surface area contributed by atoms with Crippen molar-refractivity contribution in [1.82, 2.24) is 0 Å². The van der Waals surface area contributed by atoms with E-state index in [2.05, 4.69) is 6.92 Å². The molecule has 1 fully saturated rings. The topological polar surface area (TPSA) is 18.5 Å². The maximum Gasteiger partial charge on any atom is 0.200 e. The first-order valence-electron chi connectivity index (χ1n) is 13.6. The van der Waals surface area contributed by atoms with E-state index in [9.17, 15) is 17.6 Å². The van der Waals surface area contributed by atoms with Crippen molar-refractivity contribution >= 4 is 0 Å². The Labute approximate surface area is 223 Å². The van der Waals surface area contributed by atoms with E-state index in [1.165, 1.54) is 6.07 Å². The van der Waals surface area contributed by atoms with Gasteiger partial charge in [-0.05, 0) is 62.1 Å². The smallest absolute Gasteiger partial charge is 0.200 e. The highest BCUT2D eigenvalue weighted by molar-refractivity contribution is 5.65. The summed E-state index contributed by atoms with van der Waals surface area (Å²) in [5.74, 6) is -3.71. The van der Waals surface area contributed by atoms with Gasteiger partial charge in [0.1, 0.15) is 0 Å². The van der Waals surface area contributed by atoms with Crippen LogP contribution in [0.4, 0.5) is 17.6 Å². The Morgan fingerprint density at radius 3 is 2.18 bits per heavy atom. The lowest BCUT2D eigenvalue weighted by molar-refractivity contribution is 0.0116. The van der Waals surface area contributed by atoms with Crippen molar-refractivity contribution in [2.45, 2.75) is 83.8 Å². The van der Waals surface area contributed by atoms with E-state index in [0.717, 1.165) is 31.2 Å². The van der Waals surface area contributed by atoms with E-state index in [-0.39, 0.29) is 35.5 Å². The first-order valence-corrected chi connectivity index (χ1v) is 13.6. The number of hydrogen-bond acceptors (Lipinski definition) is 2. The van der Waals surface area contributed by atoms with Crippen LogP contribution < -0.4 is 4.74 Å². The van der Waals surface area contributed by atoms with Crippen LogP contribution >= 0.6 is 0 Å². The van der Waals surface area contributed by atoms with Gasteiger partial charge in [0.05, 0.1) is 19.3 Å². The summed E-state index contributed by atoms with van der Waals surface area (Å²) in [6, 6.07) is 13.5. The highest BCUT2D eigenvalue weighted by Crippen LogP contribution is 2.38. The van der Waals surface area contributed by atoms with E-state index in [1.807, 2.05) is 19.1 Å². The third-order valence-electron chi connectivity index (χ3n) is 7.45. The SMILES string of the molecule is CCCCCCOc1ccc(C2CCC(OCc3ccc(-c4ccc(C)cc4)c(F)c3F)CC2)c(F)c1F. The predicted octanol–water partition coefficient (Wildman–Crippen LogP) is 9.42. The Balaban J connectivity index is 1.30. The lowest BCUT2D eigenvalue weighted by atomic mass is 9.82. The molecule has 0 saturated heterocycles. The van der Waals surface area contributed by atoms with Gasteiger partial charge in [-0.1, -0.05) is 74.2 Å². The average molecular weight is 529 g/mol. The molecule has 3 aromatic rings. The first kappa shape index (κ1) is 28.2. The zero-order chi connectivity index (χ0) is 27.1. The zero-order valence-corrected chi connectivity index (χ0v) is 22.2. The molecule has 0 aliphatic heterocycles. The number of benzene rings is 3. The molecule has 0 spiro atoms. The predicted molar refractivity (Wildman–Crippen MR) is 142 cm³/mol. The molecule has 0 bridgehead atoms. The molecular formula is C32H36F4O2. The van der Waals surface area contributed by atoms with Gasteiger partial charge < -0.3 is 9.47 Å². The standard InChI is InChI=1S/C32H36F4O2/c1-3-4-5-6-19-37-28-18-17-27(31(35)32(28)36)23-11-14-25(15-12-23)38-20-24-13-16-26(30(34)29(24)33)22-9-7-21(2)8-10-22/h7-10,13,16-18,23,25H,3-6,11-12,14-15,19-20H2,1-2H3. The molecule has 0 amide bonds. The van der Waals surface area contributed by atoms with Crippen molar-refractivity contribution in [3.63, 3.8) is 0 Å². The fraction of sp³-hybridized carbons (Fsp3) is 0.438. The van der Waals surface area contributed by atoms with Crippen molar-refractivity contribution in [1.29, 1.82) is 0 Å². The van der Waals surface area contributed by atoms with Gasteiger partial charge in [0.2, 0.25) is 5.82 Å². The molecule has 1 saturated carbocycles. The lowest BCUT2D eigenvalue weighted by Crippen LogP contribution is -2.21. The molecule has 0 radical (unpaired) electrons. The molecule has 38 heavy (non-hydrogen) atoms. The second-order valence-corrected chi connectivity index (χ2v) is 10.2. The van der Waals surface area contributed by atoms with E-state index in [4.69, 9.17) is 9.47 Å². The van der Waals surface area contributed by atoms with Crippen LogP contribution in [0.15, 0.2) is 48.5 Å². The van der Waals surface area contributed by atoms with Gasteiger partial charge in [-0.3, -0.25) is 0 Å². The van der Waals surface area contributed by atoms with Crippen molar-refractivity contribution in [3.8, 4) is 16.9 Å². The van der Waals surface area contributed by atoms with Crippen molar-refractivity contribution in [3.05, 3.63) is 88.5 Å². The summed E-state index contributed by atoms with van der Waals surface area (Å²) >= 11 is 0. The molecule has 0 atom stereocenters. The maximum absolute atomic E-state index is 14.8. The summed E-state index contributed by atoms with van der Waals surface area (Å²) < 4.78 is 70.3. The van der Waals surface area contributed by atoms with Crippen LogP contribution in [0.25, 0.3) is 11.1 Å². The van der Waals surface area contributed by atoms with Crippen molar-refractivity contribution in [2.24, 2.45) is 0 Å². The van der Waals surface area contributed by atoms with Gasteiger partial charge in [-0.25, -0.2) is 13.2 Å². The quantitative estimate of drug-likeness (QED) is 0.182. The normalized spacial score (nSPS) is 17.5. The fourth-order valence-corrected chi connectivity index (χ4v) is 5.09. The van der Waals surface area contributed by atoms with E-state index >= 15 is 0 Å². The van der Waals surface area contributed by atoms with Crippen LogP contribution in [-0.2, 0) is 11.3 Å². The summed E-state index contributed by atoms with van der Waals surface area (Å²) in [5, 5.41) is 0. The van der Waals surface area contributed by atoms with Crippen LogP contribution in [0.5, 0.6) is 5.75 Å². The zero-order valence-electron chi connectivity index (χ0n) is 22.2. The fourth-order valence-electron chi connectivity index (χ4n) is 5.09. The van der Waals surface area contributed by atoms with E-state index in [1.54, 1.807) is 30.3 Å². The lowest BCUT2D eigenvalue weighted by Gasteiger charge is -2.29. The molecule has 2 nitrogen and oxygen atoms in total. The summed E-state index contributed by atoms with van der Waals surface area (Å²) in [4.78, 5) is 0. The Bertz CT molecular complexity index is 1200. The van der Waals surface area contributed by atoms with Gasteiger partial charge >= 0.3 is 0 Å². The molecular weight excluding hydrogens is 492 g/mol. The highest BCUT2D eigenvalue weighted by Gasteiger charge is 2.27. The van der Waals surface area contributed by atoms with Crippen LogP contribution in [0.1, 0.15) is 80.9 Å². The summed E-state index contributed by atoms with van der Waals surface area (Å²) in [5.41, 5.74) is 2.40. The van der Waals surface area contributed by atoms with Crippen molar-refractivity contribution in [2.75, 3.05) is 6.61 Å². The number of hydrogen-bond donors (Lipinski definition) is 0. The van der Waals surface area contributed by atoms with Gasteiger partial charge in [0.15, 0.2) is 23.2 Å². The molecule has 4 rings (SSSR count). The summed E-state index contributed by atoms with van der Waals surface area (Å²) in [6.45, 7) is 4.38. The minimum atomic E-state index is -0.928. The third kappa shape index (κ3) is 6.76. The molecule has 3 aromatic carbocycles. The van der Waals surface area contributed by atoms with Gasteiger partial charge in [-0.2, -0.15) is 4.39 Å². The second-order valence-electron chi connectivity index (χ2n) is 10.2. The largest absolute Gasteiger partial charge is 0.490 e. The Morgan fingerprint density at radius 1 is 0.737 bits per heavy atom. The number of rotatable bonds is 11. The second kappa shape index (κ2) is 13.3. The third-order valence-corrected chi connectivity index (χ3v) is 7.45. The molecule has 0 N–H and O–H groups in total. The van der Waals surface area contributed by atoms with Gasteiger partial charge in [0, 0.05) is 11.1 Å². The molecule has 204 valence electrons. The molecule has 0 heterocycles. The number of ether oxygens (including phenoxy) is 2. The molecule has 6 heteroatoms. The Hall–Kier alpha value is -2.86. The summed E-state index contributed by atoms with van der Waals surface area (Å²) in [7, 11) is 0. The van der Waals surface area contributed by atoms with Crippen molar-refractivity contribution < 1.29 is 27.0 Å². The van der Waals surface area contributed by atoms with Crippen LogP contribution in [0.3, 0.4) is 0 Å². The number of halogens is 4. The molecule has 1 aliphatic rings. The average Bonchev–Trinajstić information content (AvgIpc) is 2.93. The first-order chi connectivity index (χ1) is 18.4. The van der Waals surface area contributed by atoms with E-state index in [0.29, 0.717) is 43.4 Å². The number of aryl methyl sites for hydroxylation is 1. The van der Waals surface area contributed by atoms with Crippen LogP contribution in [0.2, 0.25) is 0 Å². The Morgan fingerprint density at radius 2 is 1.47 bits per heavy atom. The van der Waals surface area contributed by atoms with Crippen LogP contribution in [-0.4, -0.2) is 12.7 Å². The van der Waals surface area contributed by atoms with Gasteiger partial charge in [0.25, 0.3) is 0 Å². The van der Waals surface area contributed by atoms with Gasteiger partial charge in [-0.15, -0.1) is 0 Å². The minimum absolute atomic E-state index is 0.0394. The number of unbranched alkanes of at least 4 members (excludes halogenated alkanes) is 3. The van der Waals surface area contributed by atoms with Crippen LogP contribution in [0, 0.1) is 30.2 Å². The highest BCUT2D eigenvalue weighted by atomic mass is 19.2. The Kier molecular flexibility index (Phi) is 9.84. The van der Waals surface area contributed by atoms with E-state index < -0.39 is 23.3 Å². The minimum Gasteiger partial charge on any atom is -0.490 e. The monoisotopic (exact) mass is 528 g/mol. The maximum atomic E-state index is 14.8. The molecule has 1 aliphatic carbocycles. The molecule has 0 unspecified atom stereocenters. The molecule has 0 aromatic heterocycles.